The second-order valence-electron chi connectivity index (χ2n) is 7.69. The molecule has 0 radical (unpaired) electrons. The summed E-state index contributed by atoms with van der Waals surface area (Å²) in [5.41, 5.74) is 2.91. The van der Waals surface area contributed by atoms with E-state index in [2.05, 4.69) is 28.6 Å². The number of pyridine rings is 1. The van der Waals surface area contributed by atoms with Gasteiger partial charge in [-0.1, -0.05) is 50.1 Å². The number of hydrogen-bond acceptors (Lipinski definition) is 4. The molecule has 4 rings (SSSR count). The molecule has 1 fully saturated rings. The molecule has 0 saturated heterocycles. The van der Waals surface area contributed by atoms with E-state index >= 15 is 0 Å². The molecule has 1 saturated carbocycles. The van der Waals surface area contributed by atoms with E-state index in [0.717, 1.165) is 16.9 Å². The highest BCUT2D eigenvalue weighted by atomic mass is 16.5. The second kappa shape index (κ2) is 7.99. The quantitative estimate of drug-likeness (QED) is 0.826. The van der Waals surface area contributed by atoms with Crippen LogP contribution in [0.5, 0.6) is 0 Å². The van der Waals surface area contributed by atoms with E-state index in [9.17, 15) is 4.79 Å². The van der Waals surface area contributed by atoms with Gasteiger partial charge in [-0.3, -0.25) is 4.98 Å². The van der Waals surface area contributed by atoms with Crippen molar-refractivity contribution in [3.63, 3.8) is 0 Å². The number of rotatable bonds is 4. The maximum Gasteiger partial charge on any atom is 0.408 e. The van der Waals surface area contributed by atoms with Crippen molar-refractivity contribution >= 4 is 11.8 Å². The van der Waals surface area contributed by atoms with Gasteiger partial charge in [0, 0.05) is 18.2 Å². The molecule has 0 spiro atoms. The Kier molecular flexibility index (Phi) is 5.28. The van der Waals surface area contributed by atoms with E-state index in [-0.39, 0.29) is 24.7 Å². The molecule has 1 aliphatic heterocycles. The van der Waals surface area contributed by atoms with Gasteiger partial charge in [0.25, 0.3) is 0 Å². The Balaban J connectivity index is 1.48. The van der Waals surface area contributed by atoms with Crippen molar-refractivity contribution in [1.29, 1.82) is 0 Å². The minimum absolute atomic E-state index is 0.142. The Morgan fingerprint density at radius 1 is 1.19 bits per heavy atom. The van der Waals surface area contributed by atoms with Crippen molar-refractivity contribution in [3.8, 4) is 0 Å². The van der Waals surface area contributed by atoms with Crippen LogP contribution >= 0.6 is 0 Å². The van der Waals surface area contributed by atoms with Gasteiger partial charge in [0.15, 0.2) is 0 Å². The zero-order valence-corrected chi connectivity index (χ0v) is 15.7. The molecule has 2 heterocycles. The highest BCUT2D eigenvalue weighted by molar-refractivity contribution is 5.69. The molecule has 3 unspecified atom stereocenters. The maximum atomic E-state index is 12.5. The van der Waals surface area contributed by atoms with E-state index in [0.29, 0.717) is 12.0 Å². The van der Waals surface area contributed by atoms with Gasteiger partial charge in [-0.25, -0.2) is 4.79 Å². The number of anilines is 1. The number of carbonyl (C=O) groups is 1. The maximum absolute atomic E-state index is 12.5. The highest BCUT2D eigenvalue weighted by Crippen LogP contribution is 2.41. The van der Waals surface area contributed by atoms with Crippen LogP contribution in [0.15, 0.2) is 48.7 Å². The van der Waals surface area contributed by atoms with Crippen molar-refractivity contribution in [2.45, 2.75) is 51.3 Å². The van der Waals surface area contributed by atoms with Crippen molar-refractivity contribution in [1.82, 2.24) is 10.3 Å². The summed E-state index contributed by atoms with van der Waals surface area (Å²) in [6.07, 6.45) is 6.50. The monoisotopic (exact) mass is 365 g/mol. The highest BCUT2D eigenvalue weighted by Gasteiger charge is 2.40. The van der Waals surface area contributed by atoms with Gasteiger partial charge >= 0.3 is 6.09 Å². The summed E-state index contributed by atoms with van der Waals surface area (Å²) in [7, 11) is 0. The van der Waals surface area contributed by atoms with Crippen LogP contribution in [0.4, 0.5) is 10.5 Å². The topological polar surface area (TPSA) is 63.2 Å². The zero-order chi connectivity index (χ0) is 18.6. The first-order chi connectivity index (χ1) is 13.2. The number of nitrogens with zero attached hydrogens (tertiary/aromatic N) is 1. The average Bonchev–Trinajstić information content (AvgIpc) is 3.24. The molecule has 1 aromatic carbocycles. The third-order valence-electron chi connectivity index (χ3n) is 5.94. The van der Waals surface area contributed by atoms with Crippen LogP contribution in [-0.4, -0.2) is 17.1 Å². The predicted molar refractivity (Wildman–Crippen MR) is 105 cm³/mol. The summed E-state index contributed by atoms with van der Waals surface area (Å²) in [5.74, 6) is 0.901. The summed E-state index contributed by atoms with van der Waals surface area (Å²) >= 11 is 0. The number of ether oxygens (including phenoxy) is 1. The fourth-order valence-corrected chi connectivity index (χ4v) is 4.51. The first kappa shape index (κ1) is 17.8. The van der Waals surface area contributed by atoms with Crippen molar-refractivity contribution in [2.24, 2.45) is 11.8 Å². The standard InChI is InChI=1S/C22H27N3O2/c1-15-19(17-10-5-6-11-17)24-18-12-7-13-23-21(18)20(15)25-22(26)27-14-16-8-3-2-4-9-16/h2-4,7-9,12-13,15,17,19-20,24H,5-6,10-11,14H2,1H3,(H,25,26). The first-order valence-corrected chi connectivity index (χ1v) is 9.91. The SMILES string of the molecule is CC1C(NC(=O)OCc2ccccc2)c2ncccc2NC1C1CCCC1. The van der Waals surface area contributed by atoms with Gasteiger partial charge in [0.05, 0.1) is 17.4 Å². The zero-order valence-electron chi connectivity index (χ0n) is 15.7. The van der Waals surface area contributed by atoms with E-state index in [1.165, 1.54) is 25.7 Å². The summed E-state index contributed by atoms with van der Waals surface area (Å²) in [4.78, 5) is 17.0. The number of amides is 1. The van der Waals surface area contributed by atoms with E-state index in [1.807, 2.05) is 36.4 Å². The molecular weight excluding hydrogens is 338 g/mol. The first-order valence-electron chi connectivity index (χ1n) is 9.91. The second-order valence-corrected chi connectivity index (χ2v) is 7.69. The molecule has 2 N–H and O–H groups in total. The molecule has 3 atom stereocenters. The third-order valence-corrected chi connectivity index (χ3v) is 5.94. The van der Waals surface area contributed by atoms with Crippen LogP contribution in [0, 0.1) is 11.8 Å². The van der Waals surface area contributed by atoms with Gasteiger partial charge in [-0.2, -0.15) is 0 Å². The Morgan fingerprint density at radius 3 is 2.74 bits per heavy atom. The van der Waals surface area contributed by atoms with E-state index in [1.54, 1.807) is 6.20 Å². The minimum atomic E-state index is -0.389. The molecule has 5 nitrogen and oxygen atoms in total. The summed E-state index contributed by atoms with van der Waals surface area (Å²) in [5, 5.41) is 6.78. The fraction of sp³-hybridized carbons (Fsp3) is 0.455. The van der Waals surface area contributed by atoms with Crippen molar-refractivity contribution in [2.75, 3.05) is 5.32 Å². The molecule has 0 bridgehead atoms. The molecule has 2 aromatic rings. The van der Waals surface area contributed by atoms with Crippen molar-refractivity contribution < 1.29 is 9.53 Å². The molecule has 1 aromatic heterocycles. The number of fused-ring (bicyclic) bond motifs is 1. The fourth-order valence-electron chi connectivity index (χ4n) is 4.51. The number of alkyl carbamates (subject to hydrolysis) is 1. The molecule has 1 aliphatic carbocycles. The van der Waals surface area contributed by atoms with Crippen LogP contribution < -0.4 is 10.6 Å². The van der Waals surface area contributed by atoms with E-state index in [4.69, 9.17) is 4.74 Å². The number of nitrogens with one attached hydrogen (secondary N) is 2. The average molecular weight is 365 g/mol. The van der Waals surface area contributed by atoms with Crippen LogP contribution in [0.3, 0.4) is 0 Å². The lowest BCUT2D eigenvalue weighted by atomic mass is 9.79. The van der Waals surface area contributed by atoms with Gasteiger partial charge in [-0.05, 0) is 36.5 Å². The summed E-state index contributed by atoms with van der Waals surface area (Å²) in [6.45, 7) is 2.48. The molecular formula is C22H27N3O2. The number of carbonyl (C=O) groups excluding carboxylic acids is 1. The predicted octanol–water partition coefficient (Wildman–Crippen LogP) is 4.67. The Bertz CT molecular complexity index is 774. The minimum Gasteiger partial charge on any atom is -0.445 e. The van der Waals surface area contributed by atoms with Gasteiger partial charge in [0.2, 0.25) is 0 Å². The number of hydrogen-bond donors (Lipinski definition) is 2. The van der Waals surface area contributed by atoms with E-state index < -0.39 is 0 Å². The lowest BCUT2D eigenvalue weighted by Gasteiger charge is -2.41. The molecule has 142 valence electrons. The van der Waals surface area contributed by atoms with Crippen LogP contribution in [0.2, 0.25) is 0 Å². The normalized spacial score (nSPS) is 24.7. The number of aromatic nitrogens is 1. The molecule has 1 amide bonds. The third kappa shape index (κ3) is 3.92. The Morgan fingerprint density at radius 2 is 1.96 bits per heavy atom. The van der Waals surface area contributed by atoms with Gasteiger partial charge < -0.3 is 15.4 Å². The van der Waals surface area contributed by atoms with Gasteiger partial charge in [-0.15, -0.1) is 0 Å². The smallest absolute Gasteiger partial charge is 0.408 e. The van der Waals surface area contributed by atoms with Crippen LogP contribution in [0.25, 0.3) is 0 Å². The van der Waals surface area contributed by atoms with Crippen LogP contribution in [-0.2, 0) is 11.3 Å². The Labute approximate surface area is 160 Å². The molecule has 5 heteroatoms. The molecule has 27 heavy (non-hydrogen) atoms. The largest absolute Gasteiger partial charge is 0.445 e. The van der Waals surface area contributed by atoms with Gasteiger partial charge in [0.1, 0.15) is 6.61 Å². The van der Waals surface area contributed by atoms with Crippen LogP contribution in [0.1, 0.15) is 49.9 Å². The lowest BCUT2D eigenvalue weighted by molar-refractivity contribution is 0.128. The molecule has 2 aliphatic rings. The summed E-state index contributed by atoms with van der Waals surface area (Å²) < 4.78 is 5.46. The lowest BCUT2D eigenvalue weighted by Crippen LogP contribution is -2.47. The Hall–Kier alpha value is -2.56. The summed E-state index contributed by atoms with van der Waals surface area (Å²) in [6, 6.07) is 13.9. The van der Waals surface area contributed by atoms with Crippen molar-refractivity contribution in [3.05, 3.63) is 59.9 Å². The number of benzene rings is 1.